The summed E-state index contributed by atoms with van der Waals surface area (Å²) in [5.74, 6) is 0. The lowest BCUT2D eigenvalue weighted by atomic mass is 9.67. The summed E-state index contributed by atoms with van der Waals surface area (Å²) in [5.41, 5.74) is 18.0. The Balaban J connectivity index is 1.17. The van der Waals surface area contributed by atoms with Crippen LogP contribution in [-0.4, -0.2) is 0 Å². The van der Waals surface area contributed by atoms with Crippen molar-refractivity contribution in [3.8, 4) is 33.4 Å². The predicted molar refractivity (Wildman–Crippen MR) is 274 cm³/mol. The molecule has 11 aromatic carbocycles. The molecular formula is C64H45N. The van der Waals surface area contributed by atoms with Crippen LogP contribution in [0.1, 0.15) is 47.2 Å². The molecule has 0 aliphatic heterocycles. The van der Waals surface area contributed by atoms with Gasteiger partial charge in [-0.1, -0.05) is 214 Å². The minimum Gasteiger partial charge on any atom is -0.310 e. The maximum absolute atomic E-state index is 2.56. The van der Waals surface area contributed by atoms with Crippen molar-refractivity contribution in [2.24, 2.45) is 0 Å². The zero-order valence-electron chi connectivity index (χ0n) is 36.5. The van der Waals surface area contributed by atoms with Crippen molar-refractivity contribution in [2.75, 3.05) is 4.90 Å². The molecule has 2 aliphatic carbocycles. The fourth-order valence-corrected chi connectivity index (χ4v) is 11.8. The van der Waals surface area contributed by atoms with E-state index >= 15 is 0 Å². The standard InChI is InChI=1S/C64H45N/c1-63(2)58-32-18-16-30-52(58)54-37-35-46(39-60(54)63)65(45-34-36-51-49-28-13-12-26-47(49)48-27-14-15-29-50(48)56(51)38-45)62-41-61-57(40-55(62)42-20-6-3-7-21-42)53-31-17-19-33-59(53)64(61,43-22-8-4-9-23-43)44-24-10-5-11-25-44/h3-41H,1-2H3. The lowest BCUT2D eigenvalue weighted by molar-refractivity contribution is 0.660. The van der Waals surface area contributed by atoms with Crippen LogP contribution in [0.3, 0.4) is 0 Å². The van der Waals surface area contributed by atoms with Gasteiger partial charge in [-0.2, -0.15) is 0 Å². The van der Waals surface area contributed by atoms with Gasteiger partial charge in [0.15, 0.2) is 0 Å². The minimum absolute atomic E-state index is 0.177. The lowest BCUT2D eigenvalue weighted by Crippen LogP contribution is -2.28. The average molecular weight is 828 g/mol. The smallest absolute Gasteiger partial charge is 0.0714 e. The van der Waals surface area contributed by atoms with Gasteiger partial charge in [0.25, 0.3) is 0 Å². The minimum atomic E-state index is -0.565. The summed E-state index contributed by atoms with van der Waals surface area (Å²) in [6.07, 6.45) is 0. The molecule has 306 valence electrons. The zero-order valence-corrected chi connectivity index (χ0v) is 36.5. The Morgan fingerprint density at radius 2 is 0.754 bits per heavy atom. The van der Waals surface area contributed by atoms with Gasteiger partial charge in [-0.3, -0.25) is 0 Å². The zero-order chi connectivity index (χ0) is 43.3. The second-order valence-corrected chi connectivity index (χ2v) is 18.4. The predicted octanol–water partition coefficient (Wildman–Crippen LogP) is 17.0. The summed E-state index contributed by atoms with van der Waals surface area (Å²) in [7, 11) is 0. The Morgan fingerprint density at radius 1 is 0.292 bits per heavy atom. The van der Waals surface area contributed by atoms with E-state index in [1.165, 1.54) is 99.1 Å². The van der Waals surface area contributed by atoms with E-state index in [1.54, 1.807) is 0 Å². The van der Waals surface area contributed by atoms with Crippen molar-refractivity contribution in [1.82, 2.24) is 0 Å². The van der Waals surface area contributed by atoms with Crippen molar-refractivity contribution in [2.45, 2.75) is 24.7 Å². The van der Waals surface area contributed by atoms with Crippen LogP contribution in [0.2, 0.25) is 0 Å². The van der Waals surface area contributed by atoms with Crippen LogP contribution in [-0.2, 0) is 10.8 Å². The van der Waals surface area contributed by atoms with Crippen molar-refractivity contribution in [1.29, 1.82) is 0 Å². The molecule has 0 spiro atoms. The van der Waals surface area contributed by atoms with Crippen LogP contribution in [0.15, 0.2) is 237 Å². The highest BCUT2D eigenvalue weighted by Gasteiger charge is 2.47. The van der Waals surface area contributed by atoms with Gasteiger partial charge in [0.2, 0.25) is 0 Å². The normalized spacial score (nSPS) is 13.9. The summed E-state index contributed by atoms with van der Waals surface area (Å²) in [4.78, 5) is 2.56. The van der Waals surface area contributed by atoms with E-state index in [0.29, 0.717) is 0 Å². The third kappa shape index (κ3) is 5.39. The van der Waals surface area contributed by atoms with Crippen LogP contribution in [0.5, 0.6) is 0 Å². The number of anilines is 3. The van der Waals surface area contributed by atoms with Gasteiger partial charge in [-0.25, -0.2) is 0 Å². The molecule has 1 nitrogen and oxygen atoms in total. The van der Waals surface area contributed by atoms with E-state index in [-0.39, 0.29) is 5.41 Å². The first-order valence-corrected chi connectivity index (χ1v) is 22.8. The lowest BCUT2D eigenvalue weighted by Gasteiger charge is -2.36. The molecule has 0 unspecified atom stereocenters. The number of nitrogens with zero attached hydrogens (tertiary/aromatic N) is 1. The van der Waals surface area contributed by atoms with Gasteiger partial charge >= 0.3 is 0 Å². The molecule has 2 aliphatic rings. The maximum Gasteiger partial charge on any atom is 0.0714 e. The molecule has 0 amide bonds. The SMILES string of the molecule is CC1(C)c2ccccc2-c2ccc(N(c3ccc4c5ccccc5c5ccccc5c4c3)c3cc4c(cc3-c3ccccc3)-c3ccccc3C4(c3ccccc3)c3ccccc3)cc21. The number of rotatable bonds is 6. The van der Waals surface area contributed by atoms with E-state index in [0.717, 1.165) is 17.1 Å². The van der Waals surface area contributed by atoms with Crippen molar-refractivity contribution in [3.63, 3.8) is 0 Å². The third-order valence-corrected chi connectivity index (χ3v) is 14.7. The summed E-state index contributed by atoms with van der Waals surface area (Å²) >= 11 is 0. The van der Waals surface area contributed by atoms with Gasteiger partial charge in [0.05, 0.1) is 11.1 Å². The first-order chi connectivity index (χ1) is 32.0. The fraction of sp³-hybridized carbons (Fsp3) is 0.0625. The fourth-order valence-electron chi connectivity index (χ4n) is 11.8. The van der Waals surface area contributed by atoms with Gasteiger partial charge in [-0.15, -0.1) is 0 Å². The van der Waals surface area contributed by atoms with Crippen LogP contribution < -0.4 is 4.90 Å². The molecule has 0 aromatic heterocycles. The molecule has 0 N–H and O–H groups in total. The Kier molecular flexibility index (Phi) is 8.24. The van der Waals surface area contributed by atoms with E-state index in [1.807, 2.05) is 0 Å². The monoisotopic (exact) mass is 827 g/mol. The molecule has 0 radical (unpaired) electrons. The van der Waals surface area contributed by atoms with E-state index in [2.05, 4.69) is 255 Å². The van der Waals surface area contributed by atoms with E-state index in [4.69, 9.17) is 0 Å². The van der Waals surface area contributed by atoms with Crippen LogP contribution in [0.4, 0.5) is 17.1 Å². The third-order valence-electron chi connectivity index (χ3n) is 14.7. The second-order valence-electron chi connectivity index (χ2n) is 18.4. The summed E-state index contributed by atoms with van der Waals surface area (Å²) in [5, 5.41) is 7.58. The first kappa shape index (κ1) is 37.5. The highest BCUT2D eigenvalue weighted by molar-refractivity contribution is 6.26. The van der Waals surface area contributed by atoms with Gasteiger partial charge in [-0.05, 0) is 130 Å². The Morgan fingerprint density at radius 3 is 1.38 bits per heavy atom. The highest BCUT2D eigenvalue weighted by Crippen LogP contribution is 2.59. The highest BCUT2D eigenvalue weighted by atomic mass is 15.1. The molecular weight excluding hydrogens is 783 g/mol. The Hall–Kier alpha value is -8.00. The van der Waals surface area contributed by atoms with Gasteiger partial charge < -0.3 is 4.90 Å². The molecule has 0 atom stereocenters. The molecule has 0 bridgehead atoms. The van der Waals surface area contributed by atoms with Crippen molar-refractivity contribution in [3.05, 3.63) is 270 Å². The number of fused-ring (bicyclic) bond motifs is 12. The topological polar surface area (TPSA) is 3.24 Å². The molecule has 13 rings (SSSR count). The summed E-state index contributed by atoms with van der Waals surface area (Å²) in [6, 6.07) is 88.6. The first-order valence-electron chi connectivity index (χ1n) is 22.8. The maximum atomic E-state index is 2.56. The van der Waals surface area contributed by atoms with Crippen LogP contribution in [0.25, 0.3) is 65.7 Å². The van der Waals surface area contributed by atoms with Crippen molar-refractivity contribution >= 4 is 49.4 Å². The number of hydrogen-bond acceptors (Lipinski definition) is 1. The molecule has 0 saturated heterocycles. The number of benzene rings is 11. The summed E-state index contributed by atoms with van der Waals surface area (Å²) < 4.78 is 0. The number of hydrogen-bond donors (Lipinski definition) is 0. The van der Waals surface area contributed by atoms with Gasteiger partial charge in [0, 0.05) is 22.4 Å². The Labute approximate surface area is 380 Å². The average Bonchev–Trinajstić information content (AvgIpc) is 3.79. The quantitative estimate of drug-likeness (QED) is 0.151. The van der Waals surface area contributed by atoms with E-state index < -0.39 is 5.41 Å². The second kappa shape index (κ2) is 14.3. The van der Waals surface area contributed by atoms with Crippen molar-refractivity contribution < 1.29 is 0 Å². The molecule has 1 heteroatoms. The summed E-state index contributed by atoms with van der Waals surface area (Å²) in [6.45, 7) is 4.77. The molecule has 11 aromatic rings. The van der Waals surface area contributed by atoms with Crippen LogP contribution in [0, 0.1) is 0 Å². The molecule has 0 saturated carbocycles. The molecule has 0 heterocycles. The Bertz CT molecular complexity index is 3600. The largest absolute Gasteiger partial charge is 0.310 e. The molecule has 65 heavy (non-hydrogen) atoms. The van der Waals surface area contributed by atoms with Crippen LogP contribution >= 0.6 is 0 Å². The van der Waals surface area contributed by atoms with Gasteiger partial charge in [0.1, 0.15) is 0 Å². The molecule has 0 fully saturated rings. The van der Waals surface area contributed by atoms with E-state index in [9.17, 15) is 0 Å².